The predicted octanol–water partition coefficient (Wildman–Crippen LogP) is -0.0556. The Balaban J connectivity index is 3.11. The van der Waals surface area contributed by atoms with Crippen molar-refractivity contribution in [1.82, 2.24) is 10.6 Å². The average Bonchev–Trinajstić information content (AvgIpc) is 3.22. The third-order valence-electron chi connectivity index (χ3n) is 7.17. The molecule has 348 valence electrons. The first kappa shape index (κ1) is 56.4. The maximum absolute atomic E-state index is 11.4. The van der Waals surface area contributed by atoms with Crippen LogP contribution in [0.25, 0.3) is 0 Å². The molecule has 0 saturated heterocycles. The molecular weight excluding hydrogens is 788 g/mol. The second kappa shape index (κ2) is 48.0. The van der Waals surface area contributed by atoms with Gasteiger partial charge in [-0.3, -0.25) is 19.2 Å². The van der Waals surface area contributed by atoms with Gasteiger partial charge in [0.15, 0.2) is 0 Å². The molecule has 0 aromatic rings. The number of rotatable bonds is 50. The molecule has 21 heteroatoms. The molecular formula is C38H72N2O19. The molecule has 0 aliphatic rings. The van der Waals surface area contributed by atoms with Crippen LogP contribution in [0.15, 0.2) is 0 Å². The van der Waals surface area contributed by atoms with Crippen molar-refractivity contribution in [2.75, 3.05) is 185 Å². The van der Waals surface area contributed by atoms with E-state index in [-0.39, 0.29) is 37.5 Å². The van der Waals surface area contributed by atoms with E-state index in [1.165, 1.54) is 0 Å². The first-order chi connectivity index (χ1) is 28.9. The van der Waals surface area contributed by atoms with Crippen LogP contribution >= 0.6 is 0 Å². The second-order valence-electron chi connectivity index (χ2n) is 12.2. The van der Waals surface area contributed by atoms with Crippen LogP contribution in [-0.4, -0.2) is 219 Å². The fourth-order valence-corrected chi connectivity index (χ4v) is 4.16. The molecule has 0 aromatic carbocycles. The summed E-state index contributed by atoms with van der Waals surface area (Å²) in [5.74, 6) is -2.52. The van der Waals surface area contributed by atoms with Crippen LogP contribution in [0, 0.1) is 0 Å². The lowest BCUT2D eigenvalue weighted by atomic mass is 10.3. The normalized spacial score (nSPS) is 11.3. The minimum absolute atomic E-state index is 0.0175. The van der Waals surface area contributed by atoms with Gasteiger partial charge in [0.25, 0.3) is 0 Å². The van der Waals surface area contributed by atoms with Gasteiger partial charge in [-0.05, 0) is 12.8 Å². The molecule has 0 spiro atoms. The van der Waals surface area contributed by atoms with Gasteiger partial charge in [0.2, 0.25) is 11.8 Å². The first-order valence-corrected chi connectivity index (χ1v) is 20.4. The first-order valence-electron chi connectivity index (χ1n) is 20.4. The largest absolute Gasteiger partial charge is 0.481 e. The molecule has 21 nitrogen and oxygen atoms in total. The van der Waals surface area contributed by atoms with E-state index in [1.807, 2.05) is 0 Å². The molecule has 2 amide bonds. The summed E-state index contributed by atoms with van der Waals surface area (Å²) in [4.78, 5) is 43.6. The third-order valence-corrected chi connectivity index (χ3v) is 7.17. The maximum Gasteiger partial charge on any atom is 0.303 e. The van der Waals surface area contributed by atoms with Gasteiger partial charge >= 0.3 is 11.9 Å². The average molecular weight is 861 g/mol. The summed E-state index contributed by atoms with van der Waals surface area (Å²) >= 11 is 0. The van der Waals surface area contributed by atoms with Gasteiger partial charge in [-0.25, -0.2) is 0 Å². The monoisotopic (exact) mass is 860 g/mol. The van der Waals surface area contributed by atoms with Crippen molar-refractivity contribution in [3.05, 3.63) is 0 Å². The van der Waals surface area contributed by atoms with E-state index in [1.54, 1.807) is 0 Å². The second-order valence-corrected chi connectivity index (χ2v) is 12.2. The molecule has 0 fully saturated rings. The minimum Gasteiger partial charge on any atom is -0.481 e. The zero-order valence-electron chi connectivity index (χ0n) is 34.9. The van der Waals surface area contributed by atoms with Crippen LogP contribution < -0.4 is 10.6 Å². The van der Waals surface area contributed by atoms with Crippen molar-refractivity contribution in [1.29, 1.82) is 0 Å². The standard InChI is InChI=1S/C38H72N2O19/c41-35(3-5-37(43)44)39-7-1-9-47-11-13-49-15-17-51-19-21-53-23-25-55-27-29-57-31-33-59-34-32-58-30-28-56-26-24-54-22-20-52-18-16-50-14-12-48-10-2-8-40-36(42)4-6-38(45)46/h1-34H2,(H,39,41)(H,40,42)(H,43,44)(H,45,46). The molecule has 0 aromatic heterocycles. The topological polar surface area (TPSA) is 253 Å². The highest BCUT2D eigenvalue weighted by Crippen LogP contribution is 1.92. The molecule has 0 heterocycles. The van der Waals surface area contributed by atoms with Crippen molar-refractivity contribution in [2.45, 2.75) is 38.5 Å². The molecule has 4 N–H and O–H groups in total. The van der Waals surface area contributed by atoms with Crippen molar-refractivity contribution in [3.63, 3.8) is 0 Å². The lowest BCUT2D eigenvalue weighted by Crippen LogP contribution is -2.25. The number of carboxylic acids is 2. The highest BCUT2D eigenvalue weighted by Gasteiger charge is 2.05. The smallest absolute Gasteiger partial charge is 0.303 e. The number of amides is 2. The van der Waals surface area contributed by atoms with E-state index in [2.05, 4.69) is 10.6 Å². The fourth-order valence-electron chi connectivity index (χ4n) is 4.16. The molecule has 0 bridgehead atoms. The Kier molecular flexibility index (Phi) is 45.9. The van der Waals surface area contributed by atoms with Crippen LogP contribution in [0.3, 0.4) is 0 Å². The van der Waals surface area contributed by atoms with Gasteiger partial charge in [0.05, 0.1) is 171 Å². The van der Waals surface area contributed by atoms with Crippen molar-refractivity contribution < 1.29 is 91.0 Å². The van der Waals surface area contributed by atoms with Gasteiger partial charge < -0.3 is 82.4 Å². The lowest BCUT2D eigenvalue weighted by Gasteiger charge is -2.09. The highest BCUT2D eigenvalue weighted by molar-refractivity contribution is 5.81. The Morgan fingerprint density at radius 2 is 0.441 bits per heavy atom. The van der Waals surface area contributed by atoms with Crippen molar-refractivity contribution in [3.8, 4) is 0 Å². The number of carboxylic acid groups (broad SMARTS) is 2. The van der Waals surface area contributed by atoms with E-state index in [0.29, 0.717) is 198 Å². The van der Waals surface area contributed by atoms with Crippen LogP contribution in [0.2, 0.25) is 0 Å². The van der Waals surface area contributed by atoms with Gasteiger partial charge in [0.1, 0.15) is 0 Å². The molecule has 0 aliphatic carbocycles. The summed E-state index contributed by atoms with van der Waals surface area (Å²) in [6.07, 6.45) is 0.909. The third kappa shape index (κ3) is 51.4. The predicted molar refractivity (Wildman–Crippen MR) is 210 cm³/mol. The molecule has 0 unspecified atom stereocenters. The van der Waals surface area contributed by atoms with Gasteiger partial charge in [-0.2, -0.15) is 0 Å². The number of ether oxygens (including phenoxy) is 13. The quantitative estimate of drug-likeness (QED) is 0.0585. The molecule has 0 radical (unpaired) electrons. The Morgan fingerprint density at radius 3 is 0.610 bits per heavy atom. The van der Waals surface area contributed by atoms with E-state index >= 15 is 0 Å². The van der Waals surface area contributed by atoms with Crippen molar-refractivity contribution >= 4 is 23.8 Å². The van der Waals surface area contributed by atoms with Crippen LogP contribution in [0.1, 0.15) is 38.5 Å². The van der Waals surface area contributed by atoms with Crippen LogP contribution in [0.4, 0.5) is 0 Å². The highest BCUT2D eigenvalue weighted by atomic mass is 16.6. The molecule has 0 aliphatic heterocycles. The number of carbonyl (C=O) groups is 4. The van der Waals surface area contributed by atoms with Crippen molar-refractivity contribution in [2.24, 2.45) is 0 Å². The van der Waals surface area contributed by atoms with E-state index < -0.39 is 11.9 Å². The van der Waals surface area contributed by atoms with E-state index in [4.69, 9.17) is 71.8 Å². The summed E-state index contributed by atoms with van der Waals surface area (Å²) in [5.41, 5.74) is 0. The Morgan fingerprint density at radius 1 is 0.271 bits per heavy atom. The summed E-state index contributed by atoms with van der Waals surface area (Å²) in [5, 5.41) is 22.4. The number of hydrogen-bond acceptors (Lipinski definition) is 17. The fraction of sp³-hybridized carbons (Fsp3) is 0.895. The molecule has 0 rings (SSSR count). The van der Waals surface area contributed by atoms with E-state index in [9.17, 15) is 19.2 Å². The number of carbonyl (C=O) groups excluding carboxylic acids is 2. The summed E-state index contributed by atoms with van der Waals surface area (Å²) in [7, 11) is 0. The molecule has 0 saturated carbocycles. The van der Waals surface area contributed by atoms with Crippen LogP contribution in [0.5, 0.6) is 0 Å². The lowest BCUT2D eigenvalue weighted by molar-refractivity contribution is -0.139. The van der Waals surface area contributed by atoms with E-state index in [0.717, 1.165) is 0 Å². The molecule has 59 heavy (non-hydrogen) atoms. The Labute approximate surface area is 348 Å². The summed E-state index contributed by atoms with van der Waals surface area (Å²) in [6, 6.07) is 0. The zero-order chi connectivity index (χ0) is 43.0. The number of hydrogen-bond donors (Lipinski definition) is 4. The van der Waals surface area contributed by atoms with Gasteiger partial charge in [-0.15, -0.1) is 0 Å². The number of aliphatic carboxylic acids is 2. The van der Waals surface area contributed by atoms with Crippen LogP contribution in [-0.2, 0) is 80.8 Å². The summed E-state index contributed by atoms with van der Waals surface area (Å²) in [6.45, 7) is 12.9. The Bertz CT molecular complexity index is 881. The van der Waals surface area contributed by atoms with Gasteiger partial charge in [-0.1, -0.05) is 0 Å². The maximum atomic E-state index is 11.4. The summed E-state index contributed by atoms with van der Waals surface area (Å²) < 4.78 is 70.9. The zero-order valence-corrected chi connectivity index (χ0v) is 34.9. The minimum atomic E-state index is -0.989. The SMILES string of the molecule is O=C(O)CCC(=O)NCCCOCCOCCOCCOCCOCCOCCOCCOCCOCCOCCOCCOCCOCCCNC(=O)CCC(=O)O. The number of nitrogens with one attached hydrogen (secondary N) is 2. The molecule has 0 atom stereocenters. The van der Waals surface area contributed by atoms with Gasteiger partial charge in [0, 0.05) is 39.1 Å². The Hall–Kier alpha value is -2.64.